The number of fused-ring (bicyclic) bond motifs is 1. The molecule has 0 bridgehead atoms. The largest absolute Gasteiger partial charge is 0.311 e. The number of benzene rings is 1. The summed E-state index contributed by atoms with van der Waals surface area (Å²) in [6.07, 6.45) is 4.91. The number of amides is 1. The van der Waals surface area contributed by atoms with Crippen LogP contribution in [0.1, 0.15) is 24.8 Å². The fraction of sp³-hybridized carbons (Fsp3) is 0.588. The van der Waals surface area contributed by atoms with E-state index in [1.807, 2.05) is 23.1 Å². The average molecular weight is 351 g/mol. The third-order valence-electron chi connectivity index (χ3n) is 4.66. The van der Waals surface area contributed by atoms with Crippen LogP contribution >= 0.6 is 0 Å². The first-order valence-electron chi connectivity index (χ1n) is 8.50. The minimum Gasteiger partial charge on any atom is -0.311 e. The Morgan fingerprint density at radius 3 is 2.83 bits per heavy atom. The molecule has 1 amide bonds. The highest BCUT2D eigenvalue weighted by Crippen LogP contribution is 2.27. The Kier molecular flexibility index (Phi) is 5.22. The van der Waals surface area contributed by atoms with Gasteiger partial charge in [-0.25, -0.2) is 13.1 Å². The molecule has 3 rings (SSSR count). The third-order valence-corrected chi connectivity index (χ3v) is 5.42. The number of hydrogen-bond acceptors (Lipinski definition) is 4. The van der Waals surface area contributed by atoms with Crippen LogP contribution in [-0.2, 0) is 21.2 Å². The van der Waals surface area contributed by atoms with Gasteiger partial charge in [-0.2, -0.15) is 0 Å². The normalized spacial score (nSPS) is 22.2. The number of para-hydroxylation sites is 1. The molecule has 1 aromatic rings. The van der Waals surface area contributed by atoms with Gasteiger partial charge in [0.15, 0.2) is 0 Å². The number of anilines is 1. The second kappa shape index (κ2) is 7.21. The van der Waals surface area contributed by atoms with E-state index in [-0.39, 0.29) is 11.9 Å². The number of nitrogens with one attached hydrogen (secondary N) is 1. The van der Waals surface area contributed by atoms with Crippen LogP contribution in [0, 0.1) is 0 Å². The van der Waals surface area contributed by atoms with Crippen molar-refractivity contribution in [2.45, 2.75) is 31.7 Å². The first-order chi connectivity index (χ1) is 11.4. The van der Waals surface area contributed by atoms with Crippen molar-refractivity contribution in [2.75, 3.05) is 37.3 Å². The lowest BCUT2D eigenvalue weighted by molar-refractivity contribution is -0.120. The van der Waals surface area contributed by atoms with Crippen molar-refractivity contribution in [1.29, 1.82) is 0 Å². The minimum atomic E-state index is -3.21. The lowest BCUT2D eigenvalue weighted by Crippen LogP contribution is -2.51. The van der Waals surface area contributed by atoms with E-state index in [2.05, 4.69) is 15.7 Å². The molecule has 7 heteroatoms. The van der Waals surface area contributed by atoms with Crippen LogP contribution in [0.2, 0.25) is 0 Å². The van der Waals surface area contributed by atoms with Gasteiger partial charge in [-0.05, 0) is 43.9 Å². The molecule has 2 heterocycles. The Balaban J connectivity index is 1.63. The Morgan fingerprint density at radius 2 is 2.04 bits per heavy atom. The summed E-state index contributed by atoms with van der Waals surface area (Å²) in [5.74, 6) is 0.0992. The molecule has 2 aliphatic rings. The molecule has 0 aromatic heterocycles. The van der Waals surface area contributed by atoms with E-state index in [0.717, 1.165) is 44.5 Å². The number of sulfonamides is 1. The van der Waals surface area contributed by atoms with Crippen LogP contribution in [0.25, 0.3) is 0 Å². The summed E-state index contributed by atoms with van der Waals surface area (Å²) in [6, 6.07) is 7.98. The van der Waals surface area contributed by atoms with Crippen LogP contribution < -0.4 is 9.62 Å². The number of carbonyl (C=O) groups is 1. The molecule has 2 aliphatic heterocycles. The third kappa shape index (κ3) is 4.34. The van der Waals surface area contributed by atoms with Crippen LogP contribution in [0.15, 0.2) is 24.3 Å². The number of hydrogen-bond donors (Lipinski definition) is 1. The monoisotopic (exact) mass is 351 g/mol. The van der Waals surface area contributed by atoms with Gasteiger partial charge in [-0.15, -0.1) is 0 Å². The van der Waals surface area contributed by atoms with E-state index >= 15 is 0 Å². The number of rotatable bonds is 4. The van der Waals surface area contributed by atoms with Gasteiger partial charge in [0.05, 0.1) is 12.8 Å². The van der Waals surface area contributed by atoms with Crippen LogP contribution in [-0.4, -0.2) is 57.7 Å². The van der Waals surface area contributed by atoms with Gasteiger partial charge in [0, 0.05) is 24.8 Å². The van der Waals surface area contributed by atoms with Crippen LogP contribution in [0.5, 0.6) is 0 Å². The maximum absolute atomic E-state index is 12.8. The highest BCUT2D eigenvalue weighted by atomic mass is 32.2. The maximum Gasteiger partial charge on any atom is 0.241 e. The van der Waals surface area contributed by atoms with Gasteiger partial charge in [0.1, 0.15) is 0 Å². The number of piperidine rings is 1. The molecule has 1 unspecified atom stereocenters. The van der Waals surface area contributed by atoms with Crippen molar-refractivity contribution >= 4 is 21.6 Å². The van der Waals surface area contributed by atoms with E-state index in [1.54, 1.807) is 0 Å². The molecule has 24 heavy (non-hydrogen) atoms. The summed E-state index contributed by atoms with van der Waals surface area (Å²) in [5.41, 5.74) is 2.25. The van der Waals surface area contributed by atoms with E-state index in [0.29, 0.717) is 13.1 Å². The molecule has 132 valence electrons. The van der Waals surface area contributed by atoms with E-state index < -0.39 is 10.0 Å². The molecule has 1 N–H and O–H groups in total. The zero-order chi connectivity index (χ0) is 17.2. The van der Waals surface area contributed by atoms with Gasteiger partial charge in [-0.3, -0.25) is 9.69 Å². The molecule has 1 fully saturated rings. The van der Waals surface area contributed by atoms with Crippen molar-refractivity contribution in [1.82, 2.24) is 9.62 Å². The first kappa shape index (κ1) is 17.4. The van der Waals surface area contributed by atoms with Gasteiger partial charge in [0.2, 0.25) is 15.9 Å². The highest BCUT2D eigenvalue weighted by molar-refractivity contribution is 7.88. The average Bonchev–Trinajstić information content (AvgIpc) is 2.53. The fourth-order valence-electron chi connectivity index (χ4n) is 3.67. The Bertz CT molecular complexity index is 705. The quantitative estimate of drug-likeness (QED) is 0.878. The standard InChI is InChI=1S/C17H25N3O3S/c1-24(22,23)18-15-8-5-10-19(12-15)13-17(21)20-11-4-7-14-6-2-3-9-16(14)20/h2-3,6,9,15,18H,4-5,7-8,10-13H2,1H3. The van der Waals surface area contributed by atoms with Crippen molar-refractivity contribution < 1.29 is 13.2 Å². The SMILES string of the molecule is CS(=O)(=O)NC1CCCN(CC(=O)N2CCCc3ccccc32)C1. The number of carbonyl (C=O) groups excluding carboxylic acids is 1. The van der Waals surface area contributed by atoms with Crippen LogP contribution in [0.4, 0.5) is 5.69 Å². The maximum atomic E-state index is 12.8. The molecule has 1 saturated heterocycles. The fourth-order valence-corrected chi connectivity index (χ4v) is 4.47. The van der Waals surface area contributed by atoms with Crippen molar-refractivity contribution in [2.24, 2.45) is 0 Å². The molecular weight excluding hydrogens is 326 g/mol. The minimum absolute atomic E-state index is 0.0992. The molecule has 1 atom stereocenters. The smallest absolute Gasteiger partial charge is 0.241 e. The Morgan fingerprint density at radius 1 is 1.25 bits per heavy atom. The lowest BCUT2D eigenvalue weighted by Gasteiger charge is -2.35. The summed E-state index contributed by atoms with van der Waals surface area (Å²) >= 11 is 0. The second-order valence-electron chi connectivity index (χ2n) is 6.74. The van der Waals surface area contributed by atoms with E-state index in [4.69, 9.17) is 0 Å². The summed E-state index contributed by atoms with van der Waals surface area (Å²) in [5, 5.41) is 0. The molecule has 0 saturated carbocycles. The predicted octanol–water partition coefficient (Wildman–Crippen LogP) is 0.979. The molecule has 0 aliphatic carbocycles. The van der Waals surface area contributed by atoms with Crippen molar-refractivity contribution in [3.8, 4) is 0 Å². The van der Waals surface area contributed by atoms with E-state index in [9.17, 15) is 13.2 Å². The summed E-state index contributed by atoms with van der Waals surface area (Å²) in [7, 11) is -3.21. The molecular formula is C17H25N3O3S. The Labute approximate surface area is 143 Å². The van der Waals surface area contributed by atoms with Crippen LogP contribution in [0.3, 0.4) is 0 Å². The van der Waals surface area contributed by atoms with E-state index in [1.165, 1.54) is 11.8 Å². The predicted molar refractivity (Wildman–Crippen MR) is 94.6 cm³/mol. The zero-order valence-corrected chi connectivity index (χ0v) is 14.9. The number of aryl methyl sites for hydroxylation is 1. The van der Waals surface area contributed by atoms with Gasteiger partial charge < -0.3 is 4.90 Å². The zero-order valence-electron chi connectivity index (χ0n) is 14.1. The van der Waals surface area contributed by atoms with Crippen molar-refractivity contribution in [3.63, 3.8) is 0 Å². The summed E-state index contributed by atoms with van der Waals surface area (Å²) in [4.78, 5) is 16.7. The molecule has 6 nitrogen and oxygen atoms in total. The highest BCUT2D eigenvalue weighted by Gasteiger charge is 2.27. The van der Waals surface area contributed by atoms with Gasteiger partial charge in [-0.1, -0.05) is 18.2 Å². The second-order valence-corrected chi connectivity index (χ2v) is 8.52. The summed E-state index contributed by atoms with van der Waals surface area (Å²) in [6.45, 7) is 2.53. The Hall–Kier alpha value is -1.44. The molecule has 1 aromatic carbocycles. The topological polar surface area (TPSA) is 69.7 Å². The lowest BCUT2D eigenvalue weighted by atomic mass is 10.0. The first-order valence-corrected chi connectivity index (χ1v) is 10.4. The number of nitrogens with zero attached hydrogens (tertiary/aromatic N) is 2. The summed E-state index contributed by atoms with van der Waals surface area (Å²) < 4.78 is 25.5. The van der Waals surface area contributed by atoms with Gasteiger partial charge in [0.25, 0.3) is 0 Å². The number of likely N-dealkylation sites (tertiary alicyclic amines) is 1. The molecule has 0 radical (unpaired) electrons. The van der Waals surface area contributed by atoms with Crippen molar-refractivity contribution in [3.05, 3.63) is 29.8 Å². The molecule has 0 spiro atoms. The van der Waals surface area contributed by atoms with Gasteiger partial charge >= 0.3 is 0 Å².